The van der Waals surface area contributed by atoms with Gasteiger partial charge in [-0.15, -0.1) is 0 Å². The van der Waals surface area contributed by atoms with Crippen LogP contribution in [0.25, 0.3) is 0 Å². The van der Waals surface area contributed by atoms with Crippen LogP contribution in [0.3, 0.4) is 0 Å². The fourth-order valence-electron chi connectivity index (χ4n) is 2.12. The lowest BCUT2D eigenvalue weighted by molar-refractivity contribution is 0.429. The van der Waals surface area contributed by atoms with E-state index in [1.165, 1.54) is 10.4 Å². The summed E-state index contributed by atoms with van der Waals surface area (Å²) >= 11 is 6.05. The van der Waals surface area contributed by atoms with Gasteiger partial charge in [0.15, 0.2) is 0 Å². The smallest absolute Gasteiger partial charge is 0.243 e. The van der Waals surface area contributed by atoms with E-state index < -0.39 is 10.0 Å². The van der Waals surface area contributed by atoms with Crippen molar-refractivity contribution in [1.29, 1.82) is 0 Å². The van der Waals surface area contributed by atoms with Crippen LogP contribution >= 0.6 is 11.6 Å². The minimum Gasteiger partial charge on any atom is -0.261 e. The lowest BCUT2D eigenvalue weighted by atomic mass is 10.2. The van der Waals surface area contributed by atoms with E-state index in [0.29, 0.717) is 24.5 Å². The molecule has 118 valence electrons. The summed E-state index contributed by atoms with van der Waals surface area (Å²) in [6.07, 6.45) is 2.29. The zero-order chi connectivity index (χ0) is 16.2. The number of aryl methyl sites for hydroxylation is 1. The zero-order valence-electron chi connectivity index (χ0n) is 12.7. The molecule has 4 nitrogen and oxygen atoms in total. The second kappa shape index (κ2) is 7.22. The van der Waals surface area contributed by atoms with Crippen LogP contribution in [-0.2, 0) is 16.4 Å². The SMILES string of the molecule is CCN(CCc1ccccn1)S(=O)(=O)c1ccc(C)c(Cl)c1. The van der Waals surface area contributed by atoms with Crippen molar-refractivity contribution in [3.63, 3.8) is 0 Å². The highest BCUT2D eigenvalue weighted by Gasteiger charge is 2.23. The van der Waals surface area contributed by atoms with E-state index in [2.05, 4.69) is 4.98 Å². The molecule has 0 aliphatic heterocycles. The summed E-state index contributed by atoms with van der Waals surface area (Å²) in [5.74, 6) is 0. The molecule has 0 N–H and O–H groups in total. The van der Waals surface area contributed by atoms with Crippen LogP contribution in [-0.4, -0.2) is 30.8 Å². The summed E-state index contributed by atoms with van der Waals surface area (Å²) in [5, 5.41) is 0.460. The Morgan fingerprint density at radius 3 is 2.59 bits per heavy atom. The molecule has 0 atom stereocenters. The van der Waals surface area contributed by atoms with Crippen LogP contribution in [0.4, 0.5) is 0 Å². The first-order valence-electron chi connectivity index (χ1n) is 7.11. The maximum absolute atomic E-state index is 12.7. The number of sulfonamides is 1. The van der Waals surface area contributed by atoms with Gasteiger partial charge in [-0.3, -0.25) is 4.98 Å². The van der Waals surface area contributed by atoms with Gasteiger partial charge in [-0.25, -0.2) is 8.42 Å². The molecule has 1 heterocycles. The topological polar surface area (TPSA) is 50.3 Å². The molecule has 0 aliphatic carbocycles. The van der Waals surface area contributed by atoms with Crippen LogP contribution in [0, 0.1) is 6.92 Å². The van der Waals surface area contributed by atoms with Gasteiger partial charge in [-0.05, 0) is 36.8 Å². The van der Waals surface area contributed by atoms with E-state index in [-0.39, 0.29) is 4.90 Å². The summed E-state index contributed by atoms with van der Waals surface area (Å²) in [6.45, 7) is 4.46. The molecule has 0 unspecified atom stereocenters. The molecule has 1 aromatic heterocycles. The molecule has 0 bridgehead atoms. The number of rotatable bonds is 6. The van der Waals surface area contributed by atoms with E-state index in [1.54, 1.807) is 18.3 Å². The van der Waals surface area contributed by atoms with E-state index in [1.807, 2.05) is 32.0 Å². The van der Waals surface area contributed by atoms with Crippen molar-refractivity contribution in [2.75, 3.05) is 13.1 Å². The van der Waals surface area contributed by atoms with Crippen molar-refractivity contribution in [2.24, 2.45) is 0 Å². The molecule has 0 fully saturated rings. The van der Waals surface area contributed by atoms with Gasteiger partial charge in [-0.2, -0.15) is 4.31 Å². The molecule has 2 rings (SSSR count). The summed E-state index contributed by atoms with van der Waals surface area (Å²) in [6, 6.07) is 10.5. The number of aromatic nitrogens is 1. The largest absolute Gasteiger partial charge is 0.261 e. The molecular weight excluding hydrogens is 320 g/mol. The third kappa shape index (κ3) is 3.85. The summed E-state index contributed by atoms with van der Waals surface area (Å²) in [7, 11) is -3.54. The van der Waals surface area contributed by atoms with Crippen LogP contribution < -0.4 is 0 Å². The highest BCUT2D eigenvalue weighted by atomic mass is 35.5. The van der Waals surface area contributed by atoms with Crippen LogP contribution in [0.15, 0.2) is 47.5 Å². The molecule has 0 saturated carbocycles. The fraction of sp³-hybridized carbons (Fsp3) is 0.312. The average molecular weight is 339 g/mol. The van der Waals surface area contributed by atoms with Crippen LogP contribution in [0.2, 0.25) is 5.02 Å². The number of halogens is 1. The number of likely N-dealkylation sites (N-methyl/N-ethyl adjacent to an activating group) is 1. The Morgan fingerprint density at radius 1 is 1.23 bits per heavy atom. The summed E-state index contributed by atoms with van der Waals surface area (Å²) in [5.41, 5.74) is 1.73. The van der Waals surface area contributed by atoms with E-state index >= 15 is 0 Å². The van der Waals surface area contributed by atoms with Gasteiger partial charge in [0, 0.05) is 36.4 Å². The van der Waals surface area contributed by atoms with Gasteiger partial charge in [0.1, 0.15) is 0 Å². The van der Waals surface area contributed by atoms with Crippen molar-refractivity contribution in [3.05, 3.63) is 58.9 Å². The van der Waals surface area contributed by atoms with Gasteiger partial charge in [0.25, 0.3) is 0 Å². The van der Waals surface area contributed by atoms with Gasteiger partial charge >= 0.3 is 0 Å². The second-order valence-corrected chi connectivity index (χ2v) is 7.32. The van der Waals surface area contributed by atoms with Crippen molar-refractivity contribution < 1.29 is 8.42 Å². The highest BCUT2D eigenvalue weighted by molar-refractivity contribution is 7.89. The molecule has 0 aliphatic rings. The minimum atomic E-state index is -3.54. The molecule has 2 aromatic rings. The Kier molecular flexibility index (Phi) is 5.56. The van der Waals surface area contributed by atoms with Gasteiger partial charge in [0.2, 0.25) is 10.0 Å². The zero-order valence-corrected chi connectivity index (χ0v) is 14.2. The lowest BCUT2D eigenvalue weighted by Gasteiger charge is -2.20. The molecule has 0 amide bonds. The first-order valence-corrected chi connectivity index (χ1v) is 8.93. The molecule has 1 aromatic carbocycles. The Bertz CT molecular complexity index is 733. The number of hydrogen-bond donors (Lipinski definition) is 0. The molecule has 22 heavy (non-hydrogen) atoms. The first kappa shape index (κ1) is 16.9. The Hall–Kier alpha value is -1.43. The Labute approximate surface area is 136 Å². The number of benzene rings is 1. The van der Waals surface area contributed by atoms with Crippen LogP contribution in [0.5, 0.6) is 0 Å². The van der Waals surface area contributed by atoms with Crippen molar-refractivity contribution in [3.8, 4) is 0 Å². The van der Waals surface area contributed by atoms with E-state index in [0.717, 1.165) is 11.3 Å². The van der Waals surface area contributed by atoms with Crippen LogP contribution in [0.1, 0.15) is 18.2 Å². The Morgan fingerprint density at radius 2 is 2.00 bits per heavy atom. The van der Waals surface area contributed by atoms with E-state index in [4.69, 9.17) is 11.6 Å². The van der Waals surface area contributed by atoms with Crippen molar-refractivity contribution >= 4 is 21.6 Å². The summed E-state index contributed by atoms with van der Waals surface area (Å²) < 4.78 is 26.8. The molecule has 0 radical (unpaired) electrons. The molecule has 6 heteroatoms. The van der Waals surface area contributed by atoms with Gasteiger partial charge in [0.05, 0.1) is 4.90 Å². The standard InChI is InChI=1S/C16H19ClN2O2S/c1-3-19(11-9-14-6-4-5-10-18-14)22(20,21)15-8-7-13(2)16(17)12-15/h4-8,10,12H,3,9,11H2,1-2H3. The molecular formula is C16H19ClN2O2S. The van der Waals surface area contributed by atoms with Crippen molar-refractivity contribution in [1.82, 2.24) is 9.29 Å². The summed E-state index contributed by atoms with van der Waals surface area (Å²) in [4.78, 5) is 4.45. The Balaban J connectivity index is 2.19. The number of hydrogen-bond acceptors (Lipinski definition) is 3. The average Bonchev–Trinajstić information content (AvgIpc) is 2.51. The third-order valence-electron chi connectivity index (χ3n) is 3.48. The normalized spacial score (nSPS) is 11.8. The van der Waals surface area contributed by atoms with E-state index in [9.17, 15) is 8.42 Å². The highest BCUT2D eigenvalue weighted by Crippen LogP contribution is 2.22. The number of nitrogens with zero attached hydrogens (tertiary/aromatic N) is 2. The second-order valence-electron chi connectivity index (χ2n) is 4.98. The number of pyridine rings is 1. The quantitative estimate of drug-likeness (QED) is 0.812. The maximum atomic E-state index is 12.7. The third-order valence-corrected chi connectivity index (χ3v) is 5.85. The predicted molar refractivity (Wildman–Crippen MR) is 88.6 cm³/mol. The minimum absolute atomic E-state index is 0.228. The maximum Gasteiger partial charge on any atom is 0.243 e. The molecule has 0 spiro atoms. The first-order chi connectivity index (χ1) is 10.4. The predicted octanol–water partition coefficient (Wildman–Crippen LogP) is 3.30. The fourth-order valence-corrected chi connectivity index (χ4v) is 3.84. The monoisotopic (exact) mass is 338 g/mol. The van der Waals surface area contributed by atoms with Gasteiger partial charge in [-0.1, -0.05) is 30.7 Å². The van der Waals surface area contributed by atoms with Gasteiger partial charge < -0.3 is 0 Å². The lowest BCUT2D eigenvalue weighted by Crippen LogP contribution is -2.33. The van der Waals surface area contributed by atoms with Crippen molar-refractivity contribution in [2.45, 2.75) is 25.2 Å². The molecule has 0 saturated heterocycles.